The molecule has 2 rings (SSSR count). The van der Waals surface area contributed by atoms with E-state index >= 15 is 0 Å². The fourth-order valence-electron chi connectivity index (χ4n) is 3.31. The standard InChI is InChI=1S/C11H20FNOS.C9H13N/c12-15-9-5-1-3-7-13-8-4-2-6-11(13)10-14;1-7-5-4-6-8(2)9(7)10-3/h10-11H,1-9H2;4-6,10H,1-3H3. The second kappa shape index (κ2) is 13.2. The molecular formula is C20H33FN2OS. The van der Waals surface area contributed by atoms with E-state index in [4.69, 9.17) is 0 Å². The van der Waals surface area contributed by atoms with Crippen molar-refractivity contribution < 1.29 is 8.68 Å². The molecule has 0 bridgehead atoms. The first kappa shape index (κ1) is 22.0. The molecule has 142 valence electrons. The van der Waals surface area contributed by atoms with E-state index in [0.717, 1.165) is 45.1 Å². The highest BCUT2D eigenvalue weighted by atomic mass is 32.2. The van der Waals surface area contributed by atoms with Crippen LogP contribution in [0.3, 0.4) is 0 Å². The minimum Gasteiger partial charge on any atom is -0.388 e. The Hall–Kier alpha value is -1.07. The summed E-state index contributed by atoms with van der Waals surface area (Å²) in [5.41, 5.74) is 3.87. The predicted molar refractivity (Wildman–Crippen MR) is 108 cm³/mol. The molecule has 1 aromatic rings. The van der Waals surface area contributed by atoms with Crippen molar-refractivity contribution >= 4 is 24.1 Å². The number of nitrogens with zero attached hydrogens (tertiary/aromatic N) is 1. The average Bonchev–Trinajstić information content (AvgIpc) is 2.63. The van der Waals surface area contributed by atoms with Crippen molar-refractivity contribution in [3.63, 3.8) is 0 Å². The number of halogens is 1. The van der Waals surface area contributed by atoms with Crippen molar-refractivity contribution in [1.82, 2.24) is 4.90 Å². The van der Waals surface area contributed by atoms with Gasteiger partial charge in [-0.05, 0) is 63.7 Å². The van der Waals surface area contributed by atoms with Crippen LogP contribution in [0.15, 0.2) is 18.2 Å². The Morgan fingerprint density at radius 1 is 1.24 bits per heavy atom. The maximum Gasteiger partial charge on any atom is 0.137 e. The fourth-order valence-corrected chi connectivity index (χ4v) is 3.62. The molecule has 0 aliphatic carbocycles. The Balaban J connectivity index is 0.000000271. The number of hydrogen-bond donors (Lipinski definition) is 1. The number of carbonyl (C=O) groups is 1. The number of benzene rings is 1. The molecule has 1 N–H and O–H groups in total. The summed E-state index contributed by atoms with van der Waals surface area (Å²) in [6.07, 6.45) is 7.59. The third-order valence-electron chi connectivity index (χ3n) is 4.72. The molecule has 1 aromatic carbocycles. The smallest absolute Gasteiger partial charge is 0.137 e. The van der Waals surface area contributed by atoms with Gasteiger partial charge in [-0.25, -0.2) is 0 Å². The molecule has 1 aliphatic rings. The summed E-state index contributed by atoms with van der Waals surface area (Å²) in [6.45, 7) is 6.28. The van der Waals surface area contributed by atoms with E-state index in [1.807, 2.05) is 7.05 Å². The van der Waals surface area contributed by atoms with Crippen LogP contribution < -0.4 is 5.32 Å². The molecule has 5 heteroatoms. The zero-order valence-corrected chi connectivity index (χ0v) is 16.7. The second-order valence-corrected chi connectivity index (χ2v) is 7.25. The highest BCUT2D eigenvalue weighted by Crippen LogP contribution is 2.18. The van der Waals surface area contributed by atoms with Gasteiger partial charge in [0.25, 0.3) is 0 Å². The van der Waals surface area contributed by atoms with Gasteiger partial charge in [-0.1, -0.05) is 31.0 Å². The van der Waals surface area contributed by atoms with Gasteiger partial charge in [0.2, 0.25) is 0 Å². The molecule has 1 fully saturated rings. The zero-order chi connectivity index (χ0) is 18.5. The van der Waals surface area contributed by atoms with Crippen molar-refractivity contribution in [3.05, 3.63) is 29.3 Å². The lowest BCUT2D eigenvalue weighted by Crippen LogP contribution is -2.40. The van der Waals surface area contributed by atoms with Crippen LogP contribution in [0.5, 0.6) is 0 Å². The normalized spacial score (nSPS) is 17.5. The molecule has 1 saturated heterocycles. The Morgan fingerprint density at radius 3 is 2.52 bits per heavy atom. The van der Waals surface area contributed by atoms with E-state index in [-0.39, 0.29) is 6.04 Å². The summed E-state index contributed by atoms with van der Waals surface area (Å²) < 4.78 is 11.8. The van der Waals surface area contributed by atoms with Gasteiger partial charge in [-0.3, -0.25) is 4.90 Å². The van der Waals surface area contributed by atoms with Crippen LogP contribution >= 0.6 is 12.1 Å². The van der Waals surface area contributed by atoms with Gasteiger partial charge in [-0.15, -0.1) is 0 Å². The molecule has 1 unspecified atom stereocenters. The van der Waals surface area contributed by atoms with E-state index in [1.54, 1.807) is 0 Å². The molecule has 0 amide bonds. The lowest BCUT2D eigenvalue weighted by molar-refractivity contribution is -0.113. The number of aldehydes is 1. The third kappa shape index (κ3) is 8.23. The number of anilines is 1. The van der Waals surface area contributed by atoms with Gasteiger partial charge in [-0.2, -0.15) is 3.89 Å². The Labute approximate surface area is 157 Å². The van der Waals surface area contributed by atoms with E-state index in [1.165, 1.54) is 29.7 Å². The van der Waals surface area contributed by atoms with Gasteiger partial charge in [0.05, 0.1) is 6.04 Å². The number of likely N-dealkylation sites (tertiary alicyclic amines) is 1. The largest absolute Gasteiger partial charge is 0.388 e. The number of hydrogen-bond acceptors (Lipinski definition) is 4. The van der Waals surface area contributed by atoms with E-state index in [0.29, 0.717) is 17.9 Å². The molecule has 1 aliphatic heterocycles. The number of nitrogens with one attached hydrogen (secondary N) is 1. The topological polar surface area (TPSA) is 32.3 Å². The predicted octanol–water partition coefficient (Wildman–Crippen LogP) is 5.17. The highest BCUT2D eigenvalue weighted by molar-refractivity contribution is 7.94. The van der Waals surface area contributed by atoms with Crippen LogP contribution in [0.1, 0.15) is 49.7 Å². The van der Waals surface area contributed by atoms with Crippen molar-refractivity contribution in [2.24, 2.45) is 0 Å². The fraction of sp³-hybridized carbons (Fsp3) is 0.650. The summed E-state index contributed by atoms with van der Waals surface area (Å²) in [7, 11) is 1.95. The Kier molecular flexibility index (Phi) is 11.6. The lowest BCUT2D eigenvalue weighted by Gasteiger charge is -2.32. The summed E-state index contributed by atoms with van der Waals surface area (Å²) in [5, 5.41) is 3.16. The van der Waals surface area contributed by atoms with Crippen LogP contribution in [-0.4, -0.2) is 43.1 Å². The molecule has 0 aromatic heterocycles. The van der Waals surface area contributed by atoms with Crippen molar-refractivity contribution in [2.45, 2.75) is 58.4 Å². The number of para-hydroxylation sites is 1. The van der Waals surface area contributed by atoms with E-state index in [2.05, 4.69) is 42.3 Å². The summed E-state index contributed by atoms with van der Waals surface area (Å²) in [5.74, 6) is 0.608. The Bertz CT molecular complexity index is 478. The minimum absolute atomic E-state index is 0.148. The summed E-state index contributed by atoms with van der Waals surface area (Å²) >= 11 is 0.423. The molecule has 0 radical (unpaired) electrons. The van der Waals surface area contributed by atoms with Crippen molar-refractivity contribution in [2.75, 3.05) is 31.2 Å². The molecule has 0 spiro atoms. The van der Waals surface area contributed by atoms with Gasteiger partial charge < -0.3 is 10.1 Å². The van der Waals surface area contributed by atoms with Gasteiger partial charge in [0.15, 0.2) is 0 Å². The lowest BCUT2D eigenvalue weighted by atomic mass is 10.0. The zero-order valence-electron chi connectivity index (χ0n) is 15.9. The number of rotatable bonds is 8. The molecular weight excluding hydrogens is 335 g/mol. The molecule has 25 heavy (non-hydrogen) atoms. The quantitative estimate of drug-likeness (QED) is 0.507. The van der Waals surface area contributed by atoms with Gasteiger partial charge >= 0.3 is 0 Å². The number of unbranched alkanes of at least 4 members (excludes halogenated alkanes) is 2. The molecule has 0 saturated carbocycles. The van der Waals surface area contributed by atoms with Crippen molar-refractivity contribution in [1.29, 1.82) is 0 Å². The van der Waals surface area contributed by atoms with Crippen LogP contribution in [0.25, 0.3) is 0 Å². The first-order valence-electron chi connectivity index (χ1n) is 9.30. The monoisotopic (exact) mass is 368 g/mol. The minimum atomic E-state index is 0.148. The average molecular weight is 369 g/mol. The molecule has 3 nitrogen and oxygen atoms in total. The number of aryl methyl sites for hydroxylation is 2. The van der Waals surface area contributed by atoms with E-state index < -0.39 is 0 Å². The summed E-state index contributed by atoms with van der Waals surface area (Å²) in [6, 6.07) is 6.44. The number of carbonyl (C=O) groups excluding carboxylic acids is 1. The van der Waals surface area contributed by atoms with Crippen molar-refractivity contribution in [3.8, 4) is 0 Å². The van der Waals surface area contributed by atoms with Gasteiger partial charge in [0, 0.05) is 30.6 Å². The Morgan fingerprint density at radius 2 is 1.96 bits per heavy atom. The van der Waals surface area contributed by atoms with Crippen LogP contribution in [-0.2, 0) is 4.79 Å². The maximum atomic E-state index is 11.8. The first-order valence-corrected chi connectivity index (χ1v) is 10.2. The second-order valence-electron chi connectivity index (χ2n) is 6.63. The number of piperidine rings is 1. The van der Waals surface area contributed by atoms with Crippen LogP contribution in [0, 0.1) is 13.8 Å². The van der Waals surface area contributed by atoms with Gasteiger partial charge in [0.1, 0.15) is 6.29 Å². The van der Waals surface area contributed by atoms with E-state index in [9.17, 15) is 8.68 Å². The first-order chi connectivity index (χ1) is 12.1. The molecule has 1 heterocycles. The third-order valence-corrected chi connectivity index (χ3v) is 5.16. The van der Waals surface area contributed by atoms with Crippen LogP contribution in [0.2, 0.25) is 0 Å². The highest BCUT2D eigenvalue weighted by Gasteiger charge is 2.20. The van der Waals surface area contributed by atoms with Crippen LogP contribution in [0.4, 0.5) is 9.57 Å². The maximum absolute atomic E-state index is 11.8. The SMILES string of the molecule is CNc1c(C)cccc1C.O=CC1CCCCN1CCCCCSF. The molecule has 1 atom stereocenters. The summed E-state index contributed by atoms with van der Waals surface area (Å²) in [4.78, 5) is 13.1.